The Morgan fingerprint density at radius 2 is 2.13 bits per heavy atom. The summed E-state index contributed by atoms with van der Waals surface area (Å²) >= 11 is 0. The molecule has 2 nitrogen and oxygen atoms in total. The SMILES string of the molecule is CCC(C)C(C)NCC1CC2CCC1O2. The van der Waals surface area contributed by atoms with E-state index in [4.69, 9.17) is 4.74 Å². The zero-order chi connectivity index (χ0) is 10.8. The monoisotopic (exact) mass is 211 g/mol. The first-order valence-corrected chi connectivity index (χ1v) is 6.59. The van der Waals surface area contributed by atoms with Crippen molar-refractivity contribution in [2.45, 2.75) is 64.7 Å². The molecule has 2 fully saturated rings. The average Bonchev–Trinajstić information content (AvgIpc) is 2.86. The molecule has 2 rings (SSSR count). The van der Waals surface area contributed by atoms with Gasteiger partial charge in [-0.05, 0) is 32.1 Å². The molecule has 0 amide bonds. The Balaban J connectivity index is 1.70. The molecule has 2 heterocycles. The van der Waals surface area contributed by atoms with Crippen molar-refractivity contribution in [3.8, 4) is 0 Å². The van der Waals surface area contributed by atoms with Gasteiger partial charge in [-0.1, -0.05) is 20.3 Å². The van der Waals surface area contributed by atoms with Crippen molar-refractivity contribution >= 4 is 0 Å². The molecule has 0 aromatic heterocycles. The van der Waals surface area contributed by atoms with E-state index in [0.29, 0.717) is 18.2 Å². The van der Waals surface area contributed by atoms with Crippen molar-refractivity contribution in [3.63, 3.8) is 0 Å². The molecule has 0 saturated carbocycles. The Kier molecular flexibility index (Phi) is 3.68. The zero-order valence-corrected chi connectivity index (χ0v) is 10.3. The van der Waals surface area contributed by atoms with Gasteiger partial charge in [-0.25, -0.2) is 0 Å². The number of fused-ring (bicyclic) bond motifs is 2. The maximum absolute atomic E-state index is 5.86. The molecular weight excluding hydrogens is 186 g/mol. The van der Waals surface area contributed by atoms with Gasteiger partial charge in [0.2, 0.25) is 0 Å². The largest absolute Gasteiger partial charge is 0.375 e. The number of hydrogen-bond donors (Lipinski definition) is 1. The summed E-state index contributed by atoms with van der Waals surface area (Å²) in [6, 6.07) is 0.647. The van der Waals surface area contributed by atoms with Crippen LogP contribution in [-0.4, -0.2) is 24.8 Å². The Labute approximate surface area is 93.8 Å². The number of hydrogen-bond acceptors (Lipinski definition) is 2. The summed E-state index contributed by atoms with van der Waals surface area (Å²) in [7, 11) is 0. The molecule has 0 radical (unpaired) electrons. The van der Waals surface area contributed by atoms with Crippen LogP contribution in [0.2, 0.25) is 0 Å². The lowest BCUT2D eigenvalue weighted by Crippen LogP contribution is -2.38. The van der Waals surface area contributed by atoms with Gasteiger partial charge in [0.15, 0.2) is 0 Å². The molecular formula is C13H25NO. The van der Waals surface area contributed by atoms with E-state index in [9.17, 15) is 0 Å². The van der Waals surface area contributed by atoms with Gasteiger partial charge in [0, 0.05) is 18.5 Å². The molecule has 5 atom stereocenters. The second-order valence-corrected chi connectivity index (χ2v) is 5.45. The van der Waals surface area contributed by atoms with Crippen LogP contribution >= 0.6 is 0 Å². The highest BCUT2D eigenvalue weighted by atomic mass is 16.5. The van der Waals surface area contributed by atoms with Crippen molar-refractivity contribution in [1.82, 2.24) is 5.32 Å². The molecule has 15 heavy (non-hydrogen) atoms. The standard InChI is InChI=1S/C13H25NO/c1-4-9(2)10(3)14-8-11-7-12-5-6-13(11)15-12/h9-14H,4-8H2,1-3H3. The van der Waals surface area contributed by atoms with E-state index in [0.717, 1.165) is 18.4 Å². The second kappa shape index (κ2) is 4.84. The second-order valence-electron chi connectivity index (χ2n) is 5.45. The van der Waals surface area contributed by atoms with Crippen molar-refractivity contribution in [2.75, 3.05) is 6.54 Å². The summed E-state index contributed by atoms with van der Waals surface area (Å²) in [5, 5.41) is 3.68. The van der Waals surface area contributed by atoms with Gasteiger partial charge in [-0.2, -0.15) is 0 Å². The van der Waals surface area contributed by atoms with Crippen LogP contribution in [0, 0.1) is 11.8 Å². The van der Waals surface area contributed by atoms with Crippen LogP contribution in [0.1, 0.15) is 46.5 Å². The minimum atomic E-state index is 0.576. The topological polar surface area (TPSA) is 21.3 Å². The normalized spacial score (nSPS) is 38.2. The Morgan fingerprint density at radius 3 is 2.67 bits per heavy atom. The van der Waals surface area contributed by atoms with Crippen LogP contribution in [0.5, 0.6) is 0 Å². The third-order valence-electron chi connectivity index (χ3n) is 4.43. The molecule has 2 aliphatic rings. The third-order valence-corrected chi connectivity index (χ3v) is 4.43. The molecule has 0 aromatic rings. The average molecular weight is 211 g/mol. The lowest BCUT2D eigenvalue weighted by atomic mass is 9.88. The fraction of sp³-hybridized carbons (Fsp3) is 1.00. The summed E-state index contributed by atoms with van der Waals surface area (Å²) < 4.78 is 5.86. The Morgan fingerprint density at radius 1 is 1.33 bits per heavy atom. The summed E-state index contributed by atoms with van der Waals surface area (Å²) in [6.45, 7) is 8.06. The van der Waals surface area contributed by atoms with Crippen LogP contribution in [0.4, 0.5) is 0 Å². The number of rotatable bonds is 5. The molecule has 2 aliphatic heterocycles. The predicted octanol–water partition coefficient (Wildman–Crippen LogP) is 2.58. The van der Waals surface area contributed by atoms with Crippen molar-refractivity contribution in [2.24, 2.45) is 11.8 Å². The van der Waals surface area contributed by atoms with Crippen LogP contribution in [0.15, 0.2) is 0 Å². The smallest absolute Gasteiger partial charge is 0.0621 e. The molecule has 2 bridgehead atoms. The number of ether oxygens (including phenoxy) is 1. The quantitative estimate of drug-likeness (QED) is 0.754. The van der Waals surface area contributed by atoms with Crippen LogP contribution < -0.4 is 5.32 Å². The van der Waals surface area contributed by atoms with E-state index >= 15 is 0 Å². The zero-order valence-electron chi connectivity index (χ0n) is 10.3. The fourth-order valence-electron chi connectivity index (χ4n) is 2.85. The van der Waals surface area contributed by atoms with Gasteiger partial charge >= 0.3 is 0 Å². The minimum Gasteiger partial charge on any atom is -0.375 e. The van der Waals surface area contributed by atoms with Gasteiger partial charge < -0.3 is 10.1 Å². The van der Waals surface area contributed by atoms with E-state index < -0.39 is 0 Å². The Hall–Kier alpha value is -0.0800. The number of nitrogens with one attached hydrogen (secondary N) is 1. The predicted molar refractivity (Wildman–Crippen MR) is 62.9 cm³/mol. The van der Waals surface area contributed by atoms with E-state index in [-0.39, 0.29) is 0 Å². The van der Waals surface area contributed by atoms with E-state index in [1.165, 1.54) is 25.7 Å². The van der Waals surface area contributed by atoms with Gasteiger partial charge in [0.25, 0.3) is 0 Å². The minimum absolute atomic E-state index is 0.576. The first-order chi connectivity index (χ1) is 7.20. The van der Waals surface area contributed by atoms with Crippen molar-refractivity contribution < 1.29 is 4.74 Å². The molecule has 0 aliphatic carbocycles. The molecule has 0 aromatic carbocycles. The maximum atomic E-state index is 5.86. The lowest BCUT2D eigenvalue weighted by Gasteiger charge is -2.24. The van der Waals surface area contributed by atoms with Crippen LogP contribution in [0.3, 0.4) is 0 Å². The molecule has 5 unspecified atom stereocenters. The van der Waals surface area contributed by atoms with E-state index in [1.54, 1.807) is 0 Å². The van der Waals surface area contributed by atoms with Gasteiger partial charge in [-0.3, -0.25) is 0 Å². The highest BCUT2D eigenvalue weighted by molar-refractivity contribution is 4.90. The maximum Gasteiger partial charge on any atom is 0.0621 e. The van der Waals surface area contributed by atoms with Gasteiger partial charge in [0.1, 0.15) is 0 Å². The molecule has 2 heteroatoms. The first kappa shape index (κ1) is 11.4. The fourth-order valence-corrected chi connectivity index (χ4v) is 2.85. The van der Waals surface area contributed by atoms with Crippen molar-refractivity contribution in [3.05, 3.63) is 0 Å². The molecule has 1 N–H and O–H groups in total. The van der Waals surface area contributed by atoms with Crippen LogP contribution in [-0.2, 0) is 4.74 Å². The van der Waals surface area contributed by atoms with Gasteiger partial charge in [0.05, 0.1) is 12.2 Å². The van der Waals surface area contributed by atoms with E-state index in [1.807, 2.05) is 0 Å². The molecule has 0 spiro atoms. The van der Waals surface area contributed by atoms with Crippen molar-refractivity contribution in [1.29, 1.82) is 0 Å². The summed E-state index contributed by atoms with van der Waals surface area (Å²) in [6.07, 6.45) is 6.34. The van der Waals surface area contributed by atoms with Gasteiger partial charge in [-0.15, -0.1) is 0 Å². The molecule has 88 valence electrons. The Bertz CT molecular complexity index is 207. The van der Waals surface area contributed by atoms with E-state index in [2.05, 4.69) is 26.1 Å². The first-order valence-electron chi connectivity index (χ1n) is 6.59. The van der Waals surface area contributed by atoms with Crippen LogP contribution in [0.25, 0.3) is 0 Å². The summed E-state index contributed by atoms with van der Waals surface area (Å²) in [5.74, 6) is 1.57. The molecule has 2 saturated heterocycles. The lowest BCUT2D eigenvalue weighted by molar-refractivity contribution is 0.0917. The summed E-state index contributed by atoms with van der Waals surface area (Å²) in [5.41, 5.74) is 0. The highest BCUT2D eigenvalue weighted by Gasteiger charge is 2.40. The third kappa shape index (κ3) is 2.54. The highest BCUT2D eigenvalue weighted by Crippen LogP contribution is 2.38. The summed E-state index contributed by atoms with van der Waals surface area (Å²) in [4.78, 5) is 0.